The van der Waals surface area contributed by atoms with Gasteiger partial charge in [-0.2, -0.15) is 5.10 Å². The number of ether oxygens (including phenoxy) is 1. The minimum atomic E-state index is -0.0943. The zero-order valence-corrected chi connectivity index (χ0v) is 14.4. The lowest BCUT2D eigenvalue weighted by atomic mass is 10.2. The van der Waals surface area contributed by atoms with Crippen molar-refractivity contribution in [2.24, 2.45) is 7.05 Å². The maximum Gasteiger partial charge on any atom is 0.229 e. The highest BCUT2D eigenvalue weighted by atomic mass is 16.5. The second kappa shape index (κ2) is 7.66. The van der Waals surface area contributed by atoms with Crippen molar-refractivity contribution in [2.75, 3.05) is 5.32 Å². The second-order valence-electron chi connectivity index (χ2n) is 6.02. The first-order chi connectivity index (χ1) is 12.1. The topological polar surface area (TPSA) is 56.1 Å². The van der Waals surface area contributed by atoms with Gasteiger partial charge < -0.3 is 10.1 Å². The number of rotatable bonds is 6. The summed E-state index contributed by atoms with van der Waals surface area (Å²) < 4.78 is 7.59. The highest BCUT2D eigenvalue weighted by molar-refractivity contribution is 5.93. The number of hydrogen-bond donors (Lipinski definition) is 1. The summed E-state index contributed by atoms with van der Waals surface area (Å²) in [5.74, 6) is 0.567. The molecule has 5 nitrogen and oxygen atoms in total. The van der Waals surface area contributed by atoms with Crippen molar-refractivity contribution in [2.45, 2.75) is 20.0 Å². The summed E-state index contributed by atoms with van der Waals surface area (Å²) in [5, 5.41) is 7.03. The number of aryl methyl sites for hydroxylation is 2. The molecule has 3 rings (SSSR count). The molecule has 0 radical (unpaired) electrons. The van der Waals surface area contributed by atoms with Gasteiger partial charge in [0, 0.05) is 13.2 Å². The van der Waals surface area contributed by atoms with Crippen molar-refractivity contribution in [3.05, 3.63) is 77.6 Å². The van der Waals surface area contributed by atoms with Crippen LogP contribution in [0.1, 0.15) is 16.7 Å². The molecule has 0 aliphatic rings. The van der Waals surface area contributed by atoms with Crippen LogP contribution < -0.4 is 10.1 Å². The van der Waals surface area contributed by atoms with Crippen LogP contribution in [0.25, 0.3) is 0 Å². The Morgan fingerprint density at radius 3 is 2.68 bits per heavy atom. The van der Waals surface area contributed by atoms with Crippen molar-refractivity contribution in [1.29, 1.82) is 0 Å². The average Bonchev–Trinajstić information content (AvgIpc) is 3.00. The molecule has 3 aromatic rings. The first kappa shape index (κ1) is 16.8. The van der Waals surface area contributed by atoms with Gasteiger partial charge in [0.2, 0.25) is 5.91 Å². The van der Waals surface area contributed by atoms with Crippen LogP contribution in [0.2, 0.25) is 0 Å². The molecule has 0 aliphatic heterocycles. The van der Waals surface area contributed by atoms with E-state index in [1.807, 2.05) is 68.7 Å². The fourth-order valence-electron chi connectivity index (χ4n) is 2.55. The zero-order chi connectivity index (χ0) is 17.6. The summed E-state index contributed by atoms with van der Waals surface area (Å²) in [7, 11) is 1.83. The van der Waals surface area contributed by atoms with Crippen molar-refractivity contribution in [1.82, 2.24) is 9.78 Å². The van der Waals surface area contributed by atoms with Gasteiger partial charge in [0.1, 0.15) is 12.4 Å². The monoisotopic (exact) mass is 335 g/mol. The number of hydrogen-bond acceptors (Lipinski definition) is 3. The quantitative estimate of drug-likeness (QED) is 0.750. The van der Waals surface area contributed by atoms with E-state index in [1.165, 1.54) is 0 Å². The molecule has 0 aliphatic carbocycles. The molecule has 0 fully saturated rings. The first-order valence-electron chi connectivity index (χ1n) is 8.15. The smallest absolute Gasteiger partial charge is 0.229 e. The summed E-state index contributed by atoms with van der Waals surface area (Å²) in [5.41, 5.74) is 3.70. The first-order valence-corrected chi connectivity index (χ1v) is 8.15. The highest BCUT2D eigenvalue weighted by Gasteiger charge is 2.10. The van der Waals surface area contributed by atoms with E-state index >= 15 is 0 Å². The molecule has 0 saturated carbocycles. The fourth-order valence-corrected chi connectivity index (χ4v) is 2.55. The van der Waals surface area contributed by atoms with Gasteiger partial charge in [0.15, 0.2) is 0 Å². The maximum absolute atomic E-state index is 12.3. The van der Waals surface area contributed by atoms with Crippen LogP contribution in [0.5, 0.6) is 5.75 Å². The molecule has 5 heteroatoms. The standard InChI is InChI=1S/C20H21N3O2/c1-15-8-9-19(25-14-16-6-4-3-5-7-16)18(10-15)22-20(24)11-17-12-21-23(2)13-17/h3-10,12-13H,11,14H2,1-2H3,(H,22,24). The van der Waals surface area contributed by atoms with Crippen LogP contribution in [0, 0.1) is 6.92 Å². The van der Waals surface area contributed by atoms with E-state index in [4.69, 9.17) is 4.74 Å². The summed E-state index contributed by atoms with van der Waals surface area (Å²) in [6, 6.07) is 15.7. The number of nitrogens with zero attached hydrogens (tertiary/aromatic N) is 2. The molecule has 2 aromatic carbocycles. The third kappa shape index (κ3) is 4.70. The minimum Gasteiger partial charge on any atom is -0.487 e. The third-order valence-electron chi connectivity index (χ3n) is 3.77. The number of carbonyl (C=O) groups excluding carboxylic acids is 1. The average molecular weight is 335 g/mol. The molecular weight excluding hydrogens is 314 g/mol. The van der Waals surface area contributed by atoms with Crippen LogP contribution in [0.4, 0.5) is 5.69 Å². The summed E-state index contributed by atoms with van der Waals surface area (Å²) in [6.07, 6.45) is 3.81. The van der Waals surface area contributed by atoms with Gasteiger partial charge in [0.25, 0.3) is 0 Å². The lowest BCUT2D eigenvalue weighted by molar-refractivity contribution is -0.115. The summed E-state index contributed by atoms with van der Waals surface area (Å²) in [6.45, 7) is 2.44. The molecule has 1 N–H and O–H groups in total. The Morgan fingerprint density at radius 2 is 1.96 bits per heavy atom. The van der Waals surface area contributed by atoms with Crippen LogP contribution in [0.15, 0.2) is 60.9 Å². The van der Waals surface area contributed by atoms with Crippen molar-refractivity contribution < 1.29 is 9.53 Å². The number of anilines is 1. The largest absolute Gasteiger partial charge is 0.487 e. The Hall–Kier alpha value is -3.08. The van der Waals surface area contributed by atoms with Crippen molar-refractivity contribution >= 4 is 11.6 Å². The zero-order valence-electron chi connectivity index (χ0n) is 14.4. The van der Waals surface area contributed by atoms with E-state index in [0.717, 1.165) is 16.7 Å². The number of nitrogens with one attached hydrogen (secondary N) is 1. The van der Waals surface area contributed by atoms with E-state index in [2.05, 4.69) is 10.4 Å². The number of benzene rings is 2. The van der Waals surface area contributed by atoms with Crippen LogP contribution in [0.3, 0.4) is 0 Å². The molecular formula is C20H21N3O2. The molecule has 0 unspecified atom stereocenters. The van der Waals surface area contributed by atoms with Gasteiger partial charge in [-0.3, -0.25) is 9.48 Å². The summed E-state index contributed by atoms with van der Waals surface area (Å²) >= 11 is 0. The maximum atomic E-state index is 12.3. The molecule has 1 amide bonds. The Labute approximate surface area is 147 Å². The minimum absolute atomic E-state index is 0.0943. The Kier molecular flexibility index (Phi) is 5.14. The Balaban J connectivity index is 1.69. The second-order valence-corrected chi connectivity index (χ2v) is 6.02. The van der Waals surface area contributed by atoms with Crippen molar-refractivity contribution in [3.63, 3.8) is 0 Å². The SMILES string of the molecule is Cc1ccc(OCc2ccccc2)c(NC(=O)Cc2cnn(C)c2)c1. The number of amides is 1. The predicted molar refractivity (Wildman–Crippen MR) is 97.5 cm³/mol. The lowest BCUT2D eigenvalue weighted by Crippen LogP contribution is -2.15. The third-order valence-corrected chi connectivity index (χ3v) is 3.77. The van der Waals surface area contributed by atoms with Gasteiger partial charge in [-0.15, -0.1) is 0 Å². The molecule has 0 spiro atoms. The fraction of sp³-hybridized carbons (Fsp3) is 0.200. The van der Waals surface area contributed by atoms with E-state index < -0.39 is 0 Å². The molecule has 25 heavy (non-hydrogen) atoms. The van der Waals surface area contributed by atoms with Crippen LogP contribution in [-0.2, 0) is 24.9 Å². The van der Waals surface area contributed by atoms with Crippen LogP contribution >= 0.6 is 0 Å². The number of aromatic nitrogens is 2. The lowest BCUT2D eigenvalue weighted by Gasteiger charge is -2.13. The molecule has 0 saturated heterocycles. The molecule has 1 heterocycles. The predicted octanol–water partition coefficient (Wildman–Crippen LogP) is 3.49. The van der Waals surface area contributed by atoms with Gasteiger partial charge >= 0.3 is 0 Å². The van der Waals surface area contributed by atoms with Gasteiger partial charge in [0.05, 0.1) is 18.3 Å². The summed E-state index contributed by atoms with van der Waals surface area (Å²) in [4.78, 5) is 12.3. The molecule has 0 atom stereocenters. The molecule has 128 valence electrons. The number of carbonyl (C=O) groups is 1. The van der Waals surface area contributed by atoms with Gasteiger partial charge in [-0.1, -0.05) is 36.4 Å². The van der Waals surface area contributed by atoms with Gasteiger partial charge in [-0.25, -0.2) is 0 Å². The van der Waals surface area contributed by atoms with Gasteiger partial charge in [-0.05, 0) is 35.7 Å². The Morgan fingerprint density at radius 1 is 1.16 bits per heavy atom. The van der Waals surface area contributed by atoms with E-state index in [1.54, 1.807) is 10.9 Å². The molecule has 0 bridgehead atoms. The van der Waals surface area contributed by atoms with E-state index in [9.17, 15) is 4.79 Å². The van der Waals surface area contributed by atoms with Crippen molar-refractivity contribution in [3.8, 4) is 5.75 Å². The molecule has 1 aromatic heterocycles. The Bertz CT molecular complexity index is 856. The normalized spacial score (nSPS) is 10.5. The van der Waals surface area contributed by atoms with Crippen LogP contribution in [-0.4, -0.2) is 15.7 Å². The van der Waals surface area contributed by atoms with E-state index in [-0.39, 0.29) is 12.3 Å². The highest BCUT2D eigenvalue weighted by Crippen LogP contribution is 2.26. The van der Waals surface area contributed by atoms with E-state index in [0.29, 0.717) is 18.0 Å².